The van der Waals surface area contributed by atoms with Crippen LogP contribution in [-0.4, -0.2) is 16.2 Å². The minimum absolute atomic E-state index is 0.137. The van der Waals surface area contributed by atoms with Gasteiger partial charge in [-0.05, 0) is 195 Å². The van der Waals surface area contributed by atoms with Crippen molar-refractivity contribution in [1.82, 2.24) is 9.55 Å². The van der Waals surface area contributed by atoms with E-state index in [1.807, 2.05) is 46.0 Å². The summed E-state index contributed by atoms with van der Waals surface area (Å²) in [6, 6.07) is 73.5. The van der Waals surface area contributed by atoms with E-state index >= 15 is 0 Å². The predicted molar refractivity (Wildman–Crippen MR) is 437 cm³/mol. The summed E-state index contributed by atoms with van der Waals surface area (Å²) in [7, 11) is 0. The first kappa shape index (κ1) is 66.9. The monoisotopic (exact) mass is 1350 g/mol. The van der Waals surface area contributed by atoms with E-state index in [0.717, 1.165) is 106 Å². The van der Waals surface area contributed by atoms with E-state index in [-0.39, 0.29) is 32.5 Å². The number of pyridine rings is 1. The van der Waals surface area contributed by atoms with Crippen molar-refractivity contribution in [1.29, 1.82) is 0 Å². The normalized spacial score (nSPS) is 14.0. The van der Waals surface area contributed by atoms with Crippen LogP contribution in [0.5, 0.6) is 11.5 Å². The Labute approximate surface area is 610 Å². The molecule has 6 nitrogen and oxygen atoms in total. The van der Waals surface area contributed by atoms with Crippen molar-refractivity contribution >= 4 is 66.5 Å². The number of aromatic nitrogens is 2. The summed E-state index contributed by atoms with van der Waals surface area (Å²) in [5.74, 6) is -0.0372. The summed E-state index contributed by atoms with van der Waals surface area (Å²) < 4.78 is 36.6. The van der Waals surface area contributed by atoms with E-state index in [4.69, 9.17) is 14.1 Å². The van der Waals surface area contributed by atoms with Gasteiger partial charge in [0.1, 0.15) is 35.2 Å². The van der Waals surface area contributed by atoms with Gasteiger partial charge in [-0.15, -0.1) is 0 Å². The van der Waals surface area contributed by atoms with Gasteiger partial charge in [-0.25, -0.2) is 4.98 Å². The molecule has 14 rings (SSSR count). The minimum Gasteiger partial charge on any atom is -0.457 e. The second kappa shape index (κ2) is 25.1. The Bertz CT molecular complexity index is 5340. The third kappa shape index (κ3) is 12.8. The number of benzene rings is 10. The van der Waals surface area contributed by atoms with E-state index in [9.17, 15) is 2.74 Å². The summed E-state index contributed by atoms with van der Waals surface area (Å²) in [6.07, 6.45) is 1.93. The fourth-order valence-corrected chi connectivity index (χ4v) is 15.0. The highest BCUT2D eigenvalue weighted by Gasteiger charge is 2.36. The third-order valence-electron chi connectivity index (χ3n) is 21.1. The Kier molecular flexibility index (Phi) is 16.5. The van der Waals surface area contributed by atoms with E-state index in [0.29, 0.717) is 18.2 Å². The van der Waals surface area contributed by atoms with Gasteiger partial charge in [0, 0.05) is 54.0 Å². The van der Waals surface area contributed by atoms with Gasteiger partial charge in [0.2, 0.25) is 0 Å². The average molecular weight is 1350 g/mol. The molecule has 0 bridgehead atoms. The summed E-state index contributed by atoms with van der Waals surface area (Å²) in [4.78, 5) is 10.2. The zero-order chi connectivity index (χ0) is 74.5. The molecule has 0 aliphatic carbocycles. The zero-order valence-electron chi connectivity index (χ0n) is 66.4. The van der Waals surface area contributed by atoms with Crippen molar-refractivity contribution in [3.8, 4) is 61.8 Å². The van der Waals surface area contributed by atoms with Crippen LogP contribution in [0, 0.1) is 0 Å². The Morgan fingerprint density at radius 1 is 0.402 bits per heavy atom. The van der Waals surface area contributed by atoms with Gasteiger partial charge in [0.05, 0.1) is 33.5 Å². The van der Waals surface area contributed by atoms with Crippen molar-refractivity contribution < 1.29 is 11.9 Å². The largest absolute Gasteiger partial charge is 0.457 e. The number of rotatable bonds is 11. The molecule has 0 saturated heterocycles. The molecule has 102 heavy (non-hydrogen) atoms. The molecule has 0 N–H and O–H groups in total. The molecule has 6 heteroatoms. The summed E-state index contributed by atoms with van der Waals surface area (Å²) in [6.45, 7) is 50.1. The van der Waals surface area contributed by atoms with E-state index in [2.05, 4.69) is 327 Å². The fraction of sp³-hybridized carbons (Fsp3) is 0.323. The minimum atomic E-state index is -1.03. The standard InChI is InChI=1S/C96H104N4O2/c1-58(2)73-34-30-35-74(59(3)4)86(73)63-47-70(54-72(48-63)101-71-39-40-75-82(55-71)100(85-53-64(41-42-97-85)91(5,6)7)83-56-77(60-31-24-23-25-32-60)87-76-33-26-29-38-84(76)102-90(87)88(75)83)98-57-99(81-37-28-27-36-80(81)98)89-78(61-43-65(92(8,9)10)49-66(44-61)93(11,12)13)51-69(96(20,21)22)52-79(89)62-45-67(94(14,15)16)50-68(46-62)95(17,18)19/h23-56,58-59H,57H2,1-22H3/i58D,59D. The first-order chi connectivity index (χ1) is 48.6. The van der Waals surface area contributed by atoms with Crippen LogP contribution in [0.2, 0.25) is 0 Å². The van der Waals surface area contributed by atoms with Crippen LogP contribution in [0.4, 0.5) is 22.7 Å². The van der Waals surface area contributed by atoms with Gasteiger partial charge in [-0.3, -0.25) is 4.57 Å². The fourth-order valence-electron chi connectivity index (χ4n) is 15.0. The van der Waals surface area contributed by atoms with Crippen molar-refractivity contribution in [2.45, 2.75) is 197 Å². The first-order valence-electron chi connectivity index (χ1n) is 37.7. The van der Waals surface area contributed by atoms with Gasteiger partial charge < -0.3 is 19.0 Å². The molecule has 1 aliphatic heterocycles. The quantitative estimate of drug-likeness (QED) is 0.129. The molecule has 0 saturated carbocycles. The zero-order valence-corrected chi connectivity index (χ0v) is 64.4. The summed E-state index contributed by atoms with van der Waals surface area (Å²) in [5.41, 5.74) is 24.7. The molecule has 0 spiro atoms. The molecular weight excluding hydrogens is 1240 g/mol. The smallest absolute Gasteiger partial charge is 0.146 e. The number of nitrogens with zero attached hydrogens (tertiary/aromatic N) is 4. The van der Waals surface area contributed by atoms with Crippen molar-refractivity contribution in [2.24, 2.45) is 0 Å². The van der Waals surface area contributed by atoms with E-state index in [1.54, 1.807) is 0 Å². The first-order valence-corrected chi connectivity index (χ1v) is 36.7. The maximum absolute atomic E-state index is 9.84. The molecular formula is C96H104N4O2. The van der Waals surface area contributed by atoms with Crippen molar-refractivity contribution in [3.63, 3.8) is 0 Å². The Hall–Kier alpha value is -9.65. The Balaban J connectivity index is 1.03. The van der Waals surface area contributed by atoms with Crippen molar-refractivity contribution in [2.75, 3.05) is 16.5 Å². The SMILES string of the molecule is [2H]C(C)(C)c1cccc(C([2H])(C)C)c1-c1cc(Oc2ccc3c4c5oc6ccccc6c5c(-c5ccccc5)cc4n(-c4cc(C(C)(C)C)ccn4)c3c2)cc(N2CN(c3c(-c4cc(C(C)(C)C)cc(C(C)(C)C)c4)cc(C(C)(C)C)cc3-c3cc(C(C)(C)C)cc(C(C)(C)C)c3)c3ccccc32)c1. The molecule has 520 valence electrons. The number of ether oxygens (including phenoxy) is 1. The topological polar surface area (TPSA) is 46.7 Å². The second-order valence-electron chi connectivity index (χ2n) is 35.5. The molecule has 10 aromatic carbocycles. The lowest BCUT2D eigenvalue weighted by atomic mass is 9.76. The molecule has 13 aromatic rings. The Morgan fingerprint density at radius 2 is 0.922 bits per heavy atom. The molecule has 4 heterocycles. The second-order valence-corrected chi connectivity index (χ2v) is 35.5. The van der Waals surface area contributed by atoms with Gasteiger partial charge in [0.15, 0.2) is 0 Å². The number of furan rings is 1. The molecule has 0 unspecified atom stereocenters. The highest BCUT2D eigenvalue weighted by Crippen LogP contribution is 2.55. The van der Waals surface area contributed by atoms with Crippen LogP contribution in [0.25, 0.3) is 94.1 Å². The maximum atomic E-state index is 9.84. The van der Waals surface area contributed by atoms with Gasteiger partial charge in [0.25, 0.3) is 0 Å². The Morgan fingerprint density at radius 3 is 1.47 bits per heavy atom. The van der Waals surface area contributed by atoms with Crippen LogP contribution < -0.4 is 14.5 Å². The highest BCUT2D eigenvalue weighted by molar-refractivity contribution is 6.27. The average Bonchev–Trinajstić information content (AvgIpc) is 1.54. The molecule has 1 aliphatic rings. The van der Waals surface area contributed by atoms with Crippen LogP contribution in [0.1, 0.15) is 211 Å². The van der Waals surface area contributed by atoms with Gasteiger partial charge in [-0.1, -0.05) is 268 Å². The third-order valence-corrected chi connectivity index (χ3v) is 21.1. The molecule has 0 amide bonds. The summed E-state index contributed by atoms with van der Waals surface area (Å²) >= 11 is 0. The predicted octanol–water partition coefficient (Wildman–Crippen LogP) is 27.8. The number of hydrogen-bond donors (Lipinski definition) is 0. The molecule has 0 radical (unpaired) electrons. The number of fused-ring (bicyclic) bond motifs is 8. The highest BCUT2D eigenvalue weighted by atomic mass is 16.5. The van der Waals surface area contributed by atoms with Crippen molar-refractivity contribution in [3.05, 3.63) is 251 Å². The molecule has 3 aromatic heterocycles. The van der Waals surface area contributed by atoms with Gasteiger partial charge in [-0.2, -0.15) is 0 Å². The van der Waals surface area contributed by atoms with E-state index in [1.165, 1.54) is 55.6 Å². The lowest BCUT2D eigenvalue weighted by Crippen LogP contribution is -2.26. The van der Waals surface area contributed by atoms with Crippen LogP contribution in [-0.2, 0) is 32.5 Å². The molecule has 0 atom stereocenters. The summed E-state index contributed by atoms with van der Waals surface area (Å²) in [5, 5.41) is 4.12. The van der Waals surface area contributed by atoms with Gasteiger partial charge >= 0.3 is 0 Å². The lowest BCUT2D eigenvalue weighted by Gasteiger charge is -2.33. The van der Waals surface area contributed by atoms with Crippen LogP contribution >= 0.6 is 0 Å². The van der Waals surface area contributed by atoms with E-state index < -0.39 is 11.8 Å². The number of anilines is 4. The van der Waals surface area contributed by atoms with Crippen LogP contribution in [0.3, 0.4) is 0 Å². The molecule has 0 fully saturated rings. The lowest BCUT2D eigenvalue weighted by molar-refractivity contribution is 0.483. The maximum Gasteiger partial charge on any atom is 0.146 e. The number of hydrogen-bond acceptors (Lipinski definition) is 5. The number of para-hydroxylation sites is 3. The van der Waals surface area contributed by atoms with Crippen LogP contribution in [0.15, 0.2) is 211 Å².